The summed E-state index contributed by atoms with van der Waals surface area (Å²) in [5.41, 5.74) is 20.4. The van der Waals surface area contributed by atoms with Gasteiger partial charge in [0.05, 0.1) is 5.69 Å². The highest BCUT2D eigenvalue weighted by molar-refractivity contribution is 7.20. The lowest BCUT2D eigenvalue weighted by Crippen LogP contribution is -2.74. The molecule has 0 spiro atoms. The van der Waals surface area contributed by atoms with Gasteiger partial charge in [-0.05, 0) is 202 Å². The summed E-state index contributed by atoms with van der Waals surface area (Å²) in [6, 6.07) is 128. The van der Waals surface area contributed by atoms with E-state index in [4.69, 9.17) is 8.83 Å². The molecule has 2 aromatic heterocycles. The number of benzene rings is 16. The van der Waals surface area contributed by atoms with Crippen molar-refractivity contribution in [1.29, 1.82) is 0 Å². The summed E-state index contributed by atoms with van der Waals surface area (Å²) in [6.07, 6.45) is 0. The molecule has 1 aliphatic carbocycles. The standard InChI is InChI=1S/C94H66N2O2Si/c1-61-21-19-26-64(51-61)68-39-47-89-82(55-68)84-57-72(44-49-91(84)97-89)95(70-41-37-62-22-13-15-24-65(62)52-70)74-43-46-81-86(59-74)94(2,3)87-60-88(79-35-17-18-36-80(79)93(81)87)96(71-42-38-63-23-14-16-25-66(63)53-71)73-45-50-92-85(58-73)83-56-69(40-48-90(83)98-92)67-27-20-34-78(54-67)99(75-28-7-4-8-29-75,76-30-9-5-10-31-76)77-32-11-6-12-33-77/h4-60H,1-3H3. The molecule has 468 valence electrons. The average Bonchev–Trinajstić information content (AvgIpc) is 1.59. The number of anilines is 6. The molecule has 0 aliphatic heterocycles. The van der Waals surface area contributed by atoms with Gasteiger partial charge >= 0.3 is 0 Å². The molecule has 16 aromatic carbocycles. The first kappa shape index (κ1) is 58.1. The van der Waals surface area contributed by atoms with E-state index < -0.39 is 13.5 Å². The van der Waals surface area contributed by atoms with E-state index in [1.54, 1.807) is 0 Å². The number of nitrogens with zero attached hydrogens (tertiary/aromatic N) is 2. The van der Waals surface area contributed by atoms with Gasteiger partial charge in [0.15, 0.2) is 8.07 Å². The molecule has 0 radical (unpaired) electrons. The summed E-state index contributed by atoms with van der Waals surface area (Å²) in [6.45, 7) is 6.98. The van der Waals surface area contributed by atoms with Gasteiger partial charge in [-0.3, -0.25) is 0 Å². The van der Waals surface area contributed by atoms with E-state index in [0.717, 1.165) is 94.7 Å². The highest BCUT2D eigenvalue weighted by atomic mass is 28.3. The van der Waals surface area contributed by atoms with E-state index in [-0.39, 0.29) is 0 Å². The second-order valence-electron chi connectivity index (χ2n) is 27.2. The Bertz CT molecular complexity index is 6150. The van der Waals surface area contributed by atoms with E-state index in [1.165, 1.54) is 86.4 Å². The number of fused-ring (bicyclic) bond motifs is 13. The third kappa shape index (κ3) is 9.48. The maximum Gasteiger partial charge on any atom is 0.179 e. The van der Waals surface area contributed by atoms with Gasteiger partial charge in [-0.1, -0.05) is 262 Å². The van der Waals surface area contributed by atoms with Crippen LogP contribution in [0, 0.1) is 6.92 Å². The molecule has 0 saturated carbocycles. The number of rotatable bonds is 12. The van der Waals surface area contributed by atoms with Crippen LogP contribution in [-0.4, -0.2) is 8.07 Å². The molecular weight excluding hydrogens is 1220 g/mol. The lowest BCUT2D eigenvalue weighted by atomic mass is 9.81. The minimum atomic E-state index is -2.80. The van der Waals surface area contributed by atoms with Crippen LogP contribution >= 0.6 is 0 Å². The van der Waals surface area contributed by atoms with Gasteiger partial charge in [0.1, 0.15) is 22.3 Å². The van der Waals surface area contributed by atoms with E-state index >= 15 is 0 Å². The fourth-order valence-corrected chi connectivity index (χ4v) is 21.2. The van der Waals surface area contributed by atoms with Crippen molar-refractivity contribution in [2.45, 2.75) is 26.2 Å². The Morgan fingerprint density at radius 1 is 0.273 bits per heavy atom. The van der Waals surface area contributed by atoms with Gasteiger partial charge in [0.25, 0.3) is 0 Å². The van der Waals surface area contributed by atoms with Crippen LogP contribution in [0.4, 0.5) is 34.1 Å². The first-order chi connectivity index (χ1) is 48.7. The van der Waals surface area contributed by atoms with Crippen LogP contribution in [0.5, 0.6) is 0 Å². The molecule has 0 amide bonds. The minimum Gasteiger partial charge on any atom is -0.456 e. The predicted molar refractivity (Wildman–Crippen MR) is 420 cm³/mol. The molecule has 0 unspecified atom stereocenters. The third-order valence-electron chi connectivity index (χ3n) is 21.1. The fraction of sp³-hybridized carbons (Fsp3) is 0.0426. The van der Waals surface area contributed by atoms with Crippen LogP contribution < -0.4 is 30.5 Å². The van der Waals surface area contributed by atoms with Crippen molar-refractivity contribution in [2.75, 3.05) is 9.80 Å². The van der Waals surface area contributed by atoms with E-state index in [2.05, 4.69) is 376 Å². The summed E-state index contributed by atoms with van der Waals surface area (Å²) in [5, 5.41) is 16.8. The molecule has 99 heavy (non-hydrogen) atoms. The van der Waals surface area contributed by atoms with E-state index in [0.29, 0.717) is 0 Å². The molecule has 0 N–H and O–H groups in total. The fourth-order valence-electron chi connectivity index (χ4n) is 16.4. The Morgan fingerprint density at radius 3 is 1.25 bits per heavy atom. The van der Waals surface area contributed by atoms with Gasteiger partial charge in [0, 0.05) is 60.8 Å². The van der Waals surface area contributed by atoms with E-state index in [1.807, 2.05) is 0 Å². The summed E-state index contributed by atoms with van der Waals surface area (Å²) >= 11 is 0. The van der Waals surface area contributed by atoms with Crippen molar-refractivity contribution in [1.82, 2.24) is 0 Å². The largest absolute Gasteiger partial charge is 0.456 e. The first-order valence-corrected chi connectivity index (χ1v) is 36.3. The van der Waals surface area contributed by atoms with Crippen molar-refractivity contribution >= 4 is 139 Å². The lowest BCUT2D eigenvalue weighted by Gasteiger charge is -2.34. The Labute approximate surface area is 576 Å². The predicted octanol–water partition coefficient (Wildman–Crippen LogP) is 23.2. The molecule has 19 rings (SSSR count). The van der Waals surface area contributed by atoms with Crippen LogP contribution in [-0.2, 0) is 5.41 Å². The molecule has 1 aliphatic rings. The normalized spacial score (nSPS) is 12.7. The van der Waals surface area contributed by atoms with Crippen LogP contribution in [0.15, 0.2) is 355 Å². The third-order valence-corrected chi connectivity index (χ3v) is 25.9. The molecular formula is C94H66N2O2Si. The first-order valence-electron chi connectivity index (χ1n) is 34.3. The maximum absolute atomic E-state index is 6.83. The second-order valence-corrected chi connectivity index (χ2v) is 31.0. The smallest absolute Gasteiger partial charge is 0.179 e. The van der Waals surface area contributed by atoms with Crippen LogP contribution in [0.2, 0.25) is 0 Å². The minimum absolute atomic E-state index is 0.426. The Kier molecular flexibility index (Phi) is 13.5. The Balaban J connectivity index is 0.755. The zero-order chi connectivity index (χ0) is 65.9. The molecule has 2 heterocycles. The van der Waals surface area contributed by atoms with Crippen molar-refractivity contribution in [3.8, 4) is 33.4 Å². The molecule has 0 saturated heterocycles. The second kappa shape index (κ2) is 23.0. The summed E-state index contributed by atoms with van der Waals surface area (Å²) in [4.78, 5) is 4.93. The quantitative estimate of drug-likeness (QED) is 0.0901. The monoisotopic (exact) mass is 1280 g/mol. The van der Waals surface area contributed by atoms with Gasteiger partial charge < -0.3 is 18.6 Å². The van der Waals surface area contributed by atoms with E-state index in [9.17, 15) is 0 Å². The number of aryl methyl sites for hydroxylation is 1. The highest BCUT2D eigenvalue weighted by Crippen LogP contribution is 2.56. The van der Waals surface area contributed by atoms with Crippen LogP contribution in [0.3, 0.4) is 0 Å². The van der Waals surface area contributed by atoms with Crippen LogP contribution in [0.1, 0.15) is 30.5 Å². The van der Waals surface area contributed by atoms with Crippen molar-refractivity contribution in [3.05, 3.63) is 362 Å². The molecule has 0 atom stereocenters. The lowest BCUT2D eigenvalue weighted by molar-refractivity contribution is 0.661. The molecule has 5 heteroatoms. The Morgan fingerprint density at radius 2 is 0.687 bits per heavy atom. The zero-order valence-electron chi connectivity index (χ0n) is 55.1. The van der Waals surface area contributed by atoms with Gasteiger partial charge in [0.2, 0.25) is 0 Å². The number of hydrogen-bond donors (Lipinski definition) is 0. The van der Waals surface area contributed by atoms with Gasteiger partial charge in [-0.25, -0.2) is 0 Å². The van der Waals surface area contributed by atoms with Crippen molar-refractivity contribution < 1.29 is 8.83 Å². The SMILES string of the molecule is Cc1cccc(-c2ccc3oc4ccc(N(c5ccc6c(c5)C(C)(C)c5cc(N(c7ccc8ccccc8c7)c7ccc8oc9ccc(-c%10cccc([Si](c%11ccccc%11)(c%11ccccc%11)c%11ccccc%11)c%10)cc9c8c7)c7ccccc7c5-6)c5ccc6ccccc6c5)cc4c3c2)c1. The molecule has 0 fully saturated rings. The molecule has 4 nitrogen and oxygen atoms in total. The zero-order valence-corrected chi connectivity index (χ0v) is 56.1. The topological polar surface area (TPSA) is 32.8 Å². The Hall–Kier alpha value is -12.3. The van der Waals surface area contributed by atoms with Crippen LogP contribution in [0.25, 0.3) is 110 Å². The van der Waals surface area contributed by atoms with Gasteiger partial charge in [-0.2, -0.15) is 0 Å². The number of furan rings is 2. The highest BCUT2D eigenvalue weighted by Gasteiger charge is 2.42. The summed E-state index contributed by atoms with van der Waals surface area (Å²) < 4.78 is 13.4. The molecule has 0 bridgehead atoms. The maximum atomic E-state index is 6.83. The summed E-state index contributed by atoms with van der Waals surface area (Å²) in [7, 11) is -2.80. The van der Waals surface area contributed by atoms with Crippen molar-refractivity contribution in [2.24, 2.45) is 0 Å². The van der Waals surface area contributed by atoms with Gasteiger partial charge in [-0.15, -0.1) is 0 Å². The average molecular weight is 1280 g/mol. The summed E-state index contributed by atoms with van der Waals surface area (Å²) in [5.74, 6) is 0. The number of hydrogen-bond acceptors (Lipinski definition) is 4. The molecule has 18 aromatic rings. The van der Waals surface area contributed by atoms with Crippen molar-refractivity contribution in [3.63, 3.8) is 0 Å².